The molecule has 2 amide bonds. The highest BCUT2D eigenvalue weighted by Crippen LogP contribution is 2.59. The number of furan rings is 1. The first kappa shape index (κ1) is 22.9. The molecule has 0 bridgehead atoms. The quantitative estimate of drug-likeness (QED) is 0.614. The summed E-state index contributed by atoms with van der Waals surface area (Å²) < 4.78 is 6.51. The Morgan fingerprint density at radius 1 is 1.12 bits per heavy atom. The van der Waals surface area contributed by atoms with Gasteiger partial charge >= 0.3 is 7.48 Å². The predicted molar refractivity (Wildman–Crippen MR) is 129 cm³/mol. The smallest absolute Gasteiger partial charge is 0.333 e. The summed E-state index contributed by atoms with van der Waals surface area (Å²) in [7, 11) is 0.969. The van der Waals surface area contributed by atoms with Crippen molar-refractivity contribution >= 4 is 47.1 Å². The average molecular weight is 437 g/mol. The molecule has 32 heavy (non-hydrogen) atoms. The number of carbonyl (C=O) groups is 2. The van der Waals surface area contributed by atoms with Gasteiger partial charge in [0.15, 0.2) is 0 Å². The van der Waals surface area contributed by atoms with E-state index in [9.17, 15) is 14.6 Å². The van der Waals surface area contributed by atoms with E-state index < -0.39 is 0 Å². The lowest BCUT2D eigenvalue weighted by molar-refractivity contribution is -0.115. The van der Waals surface area contributed by atoms with Gasteiger partial charge in [0.25, 0.3) is 0 Å². The highest BCUT2D eigenvalue weighted by molar-refractivity contribution is 6.53. The maximum atomic E-state index is 12.0. The molecule has 3 atom stereocenters. The van der Waals surface area contributed by atoms with Gasteiger partial charge in [-0.25, -0.2) is 0 Å². The van der Waals surface area contributed by atoms with Crippen LogP contribution in [0.5, 0.6) is 0 Å². The second-order valence-electron chi connectivity index (χ2n) is 10.7. The molecule has 1 saturated carbocycles. The first-order valence-electron chi connectivity index (χ1n) is 11.7. The van der Waals surface area contributed by atoms with Crippen molar-refractivity contribution in [3.8, 4) is 0 Å². The van der Waals surface area contributed by atoms with Crippen molar-refractivity contribution in [1.82, 2.24) is 0 Å². The zero-order valence-corrected chi connectivity index (χ0v) is 20.0. The van der Waals surface area contributed by atoms with Crippen molar-refractivity contribution in [1.29, 1.82) is 0 Å². The summed E-state index contributed by atoms with van der Waals surface area (Å²) in [5, 5.41) is 16.7. The third-order valence-electron chi connectivity index (χ3n) is 7.92. The summed E-state index contributed by atoms with van der Waals surface area (Å²) in [6.07, 6.45) is 5.65. The number of amides is 2. The van der Waals surface area contributed by atoms with E-state index in [0.29, 0.717) is 28.3 Å². The lowest BCUT2D eigenvalue weighted by Gasteiger charge is -2.50. The minimum absolute atomic E-state index is 0.0666. The Balaban J connectivity index is 2.06. The summed E-state index contributed by atoms with van der Waals surface area (Å²) in [4.78, 5) is 23.9. The van der Waals surface area contributed by atoms with Gasteiger partial charge in [0.1, 0.15) is 11.3 Å². The Morgan fingerprint density at radius 2 is 1.81 bits per heavy atom. The minimum Gasteiger partial charge on any atom is -0.461 e. The minimum atomic E-state index is -0.290. The van der Waals surface area contributed by atoms with Crippen LogP contribution in [0.25, 0.3) is 11.0 Å². The Hall–Kier alpha value is -2.28. The van der Waals surface area contributed by atoms with E-state index in [1.807, 2.05) is 6.07 Å². The zero-order valence-electron chi connectivity index (χ0n) is 20.0. The second-order valence-corrected chi connectivity index (χ2v) is 10.7. The van der Waals surface area contributed by atoms with Crippen LogP contribution >= 0.6 is 0 Å². The number of rotatable bonds is 3. The van der Waals surface area contributed by atoms with Crippen molar-refractivity contribution in [3.63, 3.8) is 0 Å². The summed E-state index contributed by atoms with van der Waals surface area (Å²) in [5.74, 6) is 1.19. The molecule has 1 radical (unpaired) electrons. The number of benzene rings is 1. The number of fused-ring (bicyclic) bond motifs is 5. The monoisotopic (exact) mass is 437 g/mol. The van der Waals surface area contributed by atoms with Crippen molar-refractivity contribution in [2.45, 2.75) is 85.0 Å². The van der Waals surface area contributed by atoms with Crippen LogP contribution in [0.1, 0.15) is 90.9 Å². The number of hydrogen-bond donors (Lipinski definition) is 3. The van der Waals surface area contributed by atoms with Gasteiger partial charge in [0, 0.05) is 36.2 Å². The molecule has 1 aromatic carbocycles. The van der Waals surface area contributed by atoms with Gasteiger partial charge in [-0.05, 0) is 48.5 Å². The predicted octanol–water partition coefficient (Wildman–Crippen LogP) is 4.57. The lowest BCUT2D eigenvalue weighted by atomic mass is 9.53. The SMILES string of the molecule is CC(=O)Nc1cc2c3c(oc2c([B]O)c1NC(C)=O)C(C)CCC1C(C)(C)CCCC31C. The van der Waals surface area contributed by atoms with Gasteiger partial charge in [-0.3, -0.25) is 9.59 Å². The summed E-state index contributed by atoms with van der Waals surface area (Å²) >= 11 is 0. The normalized spacial score (nSPS) is 26.6. The molecular weight excluding hydrogens is 403 g/mol. The molecule has 1 aromatic heterocycles. The van der Waals surface area contributed by atoms with Crippen LogP contribution in [-0.2, 0) is 15.0 Å². The van der Waals surface area contributed by atoms with Crippen LogP contribution in [0.2, 0.25) is 0 Å². The molecule has 0 saturated heterocycles. The van der Waals surface area contributed by atoms with Gasteiger partial charge < -0.3 is 20.1 Å². The largest absolute Gasteiger partial charge is 0.461 e. The van der Waals surface area contributed by atoms with Gasteiger partial charge in [0.2, 0.25) is 11.8 Å². The van der Waals surface area contributed by atoms with Crippen LogP contribution in [-0.4, -0.2) is 24.3 Å². The topological polar surface area (TPSA) is 91.6 Å². The molecule has 0 spiro atoms. The lowest BCUT2D eigenvalue weighted by Crippen LogP contribution is -2.44. The molecule has 171 valence electrons. The van der Waals surface area contributed by atoms with Crippen LogP contribution in [0.15, 0.2) is 10.5 Å². The fourth-order valence-electron chi connectivity index (χ4n) is 6.61. The van der Waals surface area contributed by atoms with Crippen LogP contribution in [0.3, 0.4) is 0 Å². The molecule has 1 heterocycles. The Kier molecular flexibility index (Phi) is 5.68. The third-order valence-corrected chi connectivity index (χ3v) is 7.92. The molecule has 0 aliphatic heterocycles. The van der Waals surface area contributed by atoms with Crippen molar-refractivity contribution < 1.29 is 19.0 Å². The zero-order chi connectivity index (χ0) is 23.4. The first-order chi connectivity index (χ1) is 15.0. The van der Waals surface area contributed by atoms with Crippen LogP contribution in [0.4, 0.5) is 11.4 Å². The summed E-state index contributed by atoms with van der Waals surface area (Å²) in [6.45, 7) is 12.2. The van der Waals surface area contributed by atoms with Gasteiger partial charge in [-0.1, -0.05) is 34.1 Å². The third kappa shape index (κ3) is 3.55. The van der Waals surface area contributed by atoms with Gasteiger partial charge in [-0.2, -0.15) is 0 Å². The van der Waals surface area contributed by atoms with E-state index >= 15 is 0 Å². The molecule has 6 nitrogen and oxygen atoms in total. The molecule has 2 aliphatic rings. The molecular formula is C25H34BN2O4. The first-order valence-corrected chi connectivity index (χ1v) is 11.7. The summed E-state index contributed by atoms with van der Waals surface area (Å²) in [6, 6.07) is 1.92. The molecule has 3 N–H and O–H groups in total. The maximum Gasteiger partial charge on any atom is 0.333 e. The second kappa shape index (κ2) is 7.94. The number of hydrogen-bond acceptors (Lipinski definition) is 4. The van der Waals surface area contributed by atoms with E-state index in [1.165, 1.54) is 25.8 Å². The van der Waals surface area contributed by atoms with Crippen molar-refractivity contribution in [2.75, 3.05) is 10.6 Å². The molecule has 2 aliphatic carbocycles. The fourth-order valence-corrected chi connectivity index (χ4v) is 6.61. The average Bonchev–Trinajstić information content (AvgIpc) is 3.01. The van der Waals surface area contributed by atoms with Crippen molar-refractivity contribution in [3.05, 3.63) is 17.4 Å². The van der Waals surface area contributed by atoms with Gasteiger partial charge in [-0.15, -0.1) is 0 Å². The Morgan fingerprint density at radius 3 is 2.44 bits per heavy atom. The highest BCUT2D eigenvalue weighted by Gasteiger charge is 2.51. The Labute approximate surface area is 190 Å². The molecule has 3 unspecified atom stereocenters. The standard InChI is InChI=1S/C25H34BN2O4/c1-13-8-9-18-24(4,5)10-7-11-25(18,6)19-16-12-17(27-14(2)29)21(28-15(3)30)20(26-31)23(16)32-22(13)19/h12-13,18,31H,7-11H2,1-6H3,(H,27,29)(H,28,30). The molecule has 7 heteroatoms. The Bertz CT molecular complexity index is 1090. The van der Waals surface area contributed by atoms with E-state index in [1.54, 1.807) is 0 Å². The summed E-state index contributed by atoms with van der Waals surface area (Å²) in [5.41, 5.74) is 3.13. The van der Waals surface area contributed by atoms with E-state index in [2.05, 4.69) is 38.3 Å². The maximum absolute atomic E-state index is 12.0. The fraction of sp³-hybridized carbons (Fsp3) is 0.600. The number of anilines is 2. The van der Waals surface area contributed by atoms with Crippen LogP contribution < -0.4 is 16.1 Å². The van der Waals surface area contributed by atoms with Gasteiger partial charge in [0.05, 0.1) is 11.4 Å². The number of nitrogens with one attached hydrogen (secondary N) is 2. The van der Waals surface area contributed by atoms with Crippen LogP contribution in [0, 0.1) is 11.3 Å². The van der Waals surface area contributed by atoms with E-state index in [-0.39, 0.29) is 28.6 Å². The molecule has 4 rings (SSSR count). The number of carbonyl (C=O) groups excluding carboxylic acids is 2. The van der Waals surface area contributed by atoms with Crippen molar-refractivity contribution in [2.24, 2.45) is 11.3 Å². The van der Waals surface area contributed by atoms with E-state index in [4.69, 9.17) is 4.42 Å². The van der Waals surface area contributed by atoms with E-state index in [0.717, 1.165) is 44.3 Å². The molecule has 2 aromatic rings. The molecule has 1 fully saturated rings. The highest BCUT2D eigenvalue weighted by atomic mass is 16.3.